The number of carboxylic acids is 1. The summed E-state index contributed by atoms with van der Waals surface area (Å²) < 4.78 is 5.59. The molecule has 3 fully saturated rings. The van der Waals surface area contributed by atoms with Gasteiger partial charge in [0.1, 0.15) is 6.61 Å². The van der Waals surface area contributed by atoms with Gasteiger partial charge in [0.15, 0.2) is 0 Å². The number of benzene rings is 2. The molecule has 0 spiro atoms. The molecule has 2 heterocycles. The second kappa shape index (κ2) is 8.21. The van der Waals surface area contributed by atoms with Crippen molar-refractivity contribution in [3.8, 4) is 11.1 Å². The van der Waals surface area contributed by atoms with Crippen LogP contribution in [-0.4, -0.2) is 53.2 Å². The summed E-state index contributed by atoms with van der Waals surface area (Å²) in [4.78, 5) is 38.6. The van der Waals surface area contributed by atoms with E-state index >= 15 is 0 Å². The number of ether oxygens (including phenoxy) is 1. The minimum absolute atomic E-state index is 0.0261. The monoisotopic (exact) mass is 448 g/mol. The van der Waals surface area contributed by atoms with Gasteiger partial charge in [0.05, 0.1) is 11.8 Å². The van der Waals surface area contributed by atoms with E-state index < -0.39 is 29.9 Å². The van der Waals surface area contributed by atoms with Crippen molar-refractivity contribution in [2.75, 3.05) is 13.2 Å². The van der Waals surface area contributed by atoms with E-state index in [4.69, 9.17) is 4.74 Å². The zero-order chi connectivity index (χ0) is 23.3. The highest BCUT2D eigenvalue weighted by molar-refractivity contribution is 5.84. The number of amides is 2. The number of nitrogens with one attached hydrogen (secondary N) is 1. The van der Waals surface area contributed by atoms with Gasteiger partial charge in [-0.3, -0.25) is 9.59 Å². The van der Waals surface area contributed by atoms with E-state index in [0.29, 0.717) is 6.54 Å². The molecule has 6 rings (SSSR count). The summed E-state index contributed by atoms with van der Waals surface area (Å²) in [5.41, 5.74) is 4.62. The van der Waals surface area contributed by atoms with Crippen LogP contribution in [0.2, 0.25) is 0 Å². The first-order valence-corrected chi connectivity index (χ1v) is 11.5. The lowest BCUT2D eigenvalue weighted by atomic mass is 9.74. The molecule has 2 aromatic rings. The third-order valence-corrected chi connectivity index (χ3v) is 7.70. The number of carboxylic acid groups (broad SMARTS) is 1. The Morgan fingerprint density at radius 3 is 2.24 bits per heavy atom. The molecule has 7 nitrogen and oxygen atoms in total. The van der Waals surface area contributed by atoms with Gasteiger partial charge in [0, 0.05) is 24.5 Å². The summed E-state index contributed by atoms with van der Waals surface area (Å²) >= 11 is 0. The molecule has 7 heteroatoms. The van der Waals surface area contributed by atoms with Crippen LogP contribution in [0.15, 0.2) is 48.5 Å². The Balaban J connectivity index is 1.18. The molecular formula is C26H28N2O5. The third-order valence-electron chi connectivity index (χ3n) is 7.70. The van der Waals surface area contributed by atoms with Gasteiger partial charge < -0.3 is 20.1 Å². The predicted octanol–water partition coefficient (Wildman–Crippen LogP) is 3.48. The average Bonchev–Trinajstić information content (AvgIpc) is 3.47. The van der Waals surface area contributed by atoms with Gasteiger partial charge in [-0.15, -0.1) is 0 Å². The molecule has 2 N–H and O–H groups in total. The first-order valence-electron chi connectivity index (χ1n) is 11.5. The summed E-state index contributed by atoms with van der Waals surface area (Å²) in [5.74, 6) is -1.84. The lowest BCUT2D eigenvalue weighted by molar-refractivity contribution is -0.148. The molecule has 4 aliphatic rings. The summed E-state index contributed by atoms with van der Waals surface area (Å²) in [6.45, 7) is 4.24. The lowest BCUT2D eigenvalue weighted by Crippen LogP contribution is -2.49. The lowest BCUT2D eigenvalue weighted by Gasteiger charge is -2.34. The number of carbonyl (C=O) groups excluding carboxylic acids is 2. The summed E-state index contributed by atoms with van der Waals surface area (Å²) in [5, 5.41) is 12.1. The van der Waals surface area contributed by atoms with Crippen molar-refractivity contribution in [2.45, 2.75) is 38.3 Å². The van der Waals surface area contributed by atoms with Crippen LogP contribution in [0.3, 0.4) is 0 Å². The Kier molecular flexibility index (Phi) is 5.35. The number of nitrogens with zero attached hydrogens (tertiary/aromatic N) is 1. The highest BCUT2D eigenvalue weighted by Gasteiger charge is 2.57. The Morgan fingerprint density at radius 1 is 1.06 bits per heavy atom. The molecule has 172 valence electrons. The second-order valence-electron chi connectivity index (χ2n) is 9.46. The molecule has 2 aromatic carbocycles. The van der Waals surface area contributed by atoms with Crippen LogP contribution in [0, 0.1) is 17.8 Å². The number of alkyl carbamates (subject to hydrolysis) is 1. The molecule has 2 saturated heterocycles. The SMILES string of the molecule is CC(NC(=O)OCC1c2ccccc2-c2ccccc21)C(C)C(=O)N1CC2CC1C2C(=O)O. The van der Waals surface area contributed by atoms with Crippen molar-refractivity contribution in [3.05, 3.63) is 59.7 Å². The zero-order valence-electron chi connectivity index (χ0n) is 18.7. The van der Waals surface area contributed by atoms with E-state index in [2.05, 4.69) is 29.6 Å². The molecule has 33 heavy (non-hydrogen) atoms. The van der Waals surface area contributed by atoms with Crippen molar-refractivity contribution < 1.29 is 24.2 Å². The van der Waals surface area contributed by atoms with Gasteiger partial charge in [-0.2, -0.15) is 0 Å². The fourth-order valence-corrected chi connectivity index (χ4v) is 5.66. The average molecular weight is 449 g/mol. The van der Waals surface area contributed by atoms with E-state index in [1.54, 1.807) is 18.7 Å². The van der Waals surface area contributed by atoms with Crippen LogP contribution in [0.5, 0.6) is 0 Å². The summed E-state index contributed by atoms with van der Waals surface area (Å²) in [7, 11) is 0. The normalized spacial score (nSPS) is 24.3. The first-order chi connectivity index (χ1) is 15.9. The quantitative estimate of drug-likeness (QED) is 0.705. The molecule has 2 bridgehead atoms. The Morgan fingerprint density at radius 2 is 1.67 bits per heavy atom. The van der Waals surface area contributed by atoms with Crippen LogP contribution in [0.4, 0.5) is 4.79 Å². The van der Waals surface area contributed by atoms with Crippen molar-refractivity contribution in [2.24, 2.45) is 17.8 Å². The van der Waals surface area contributed by atoms with Gasteiger partial charge in [-0.25, -0.2) is 4.79 Å². The standard InChI is InChI=1S/C26H28N2O5/c1-14(24(29)28-12-16-11-22(28)23(16)25(30)31)15(2)27-26(32)33-13-21-19-9-5-3-7-17(19)18-8-4-6-10-20(18)21/h3-10,14-16,21-23H,11-13H2,1-2H3,(H,27,32)(H,30,31). The smallest absolute Gasteiger partial charge is 0.407 e. The number of aliphatic carboxylic acids is 1. The molecule has 0 radical (unpaired) electrons. The van der Waals surface area contributed by atoms with E-state index in [1.807, 2.05) is 24.3 Å². The minimum Gasteiger partial charge on any atom is -0.481 e. The number of rotatable bonds is 6. The van der Waals surface area contributed by atoms with Crippen molar-refractivity contribution in [1.82, 2.24) is 10.2 Å². The van der Waals surface area contributed by atoms with E-state index in [-0.39, 0.29) is 30.4 Å². The van der Waals surface area contributed by atoms with Crippen LogP contribution in [0.25, 0.3) is 11.1 Å². The Bertz CT molecular complexity index is 1070. The van der Waals surface area contributed by atoms with E-state index in [0.717, 1.165) is 17.5 Å². The number of hydrogen-bond donors (Lipinski definition) is 2. The predicted molar refractivity (Wildman–Crippen MR) is 122 cm³/mol. The second-order valence-corrected chi connectivity index (χ2v) is 9.46. The fraction of sp³-hybridized carbons (Fsp3) is 0.423. The largest absolute Gasteiger partial charge is 0.481 e. The van der Waals surface area contributed by atoms with Crippen LogP contribution in [-0.2, 0) is 14.3 Å². The number of carbonyl (C=O) groups is 3. The van der Waals surface area contributed by atoms with Crippen molar-refractivity contribution in [1.29, 1.82) is 0 Å². The number of fused-ring (bicyclic) bond motifs is 4. The molecule has 2 amide bonds. The molecule has 1 saturated carbocycles. The van der Waals surface area contributed by atoms with E-state index in [9.17, 15) is 19.5 Å². The molecule has 5 unspecified atom stereocenters. The Labute approximate surface area is 192 Å². The molecule has 0 aromatic heterocycles. The van der Waals surface area contributed by atoms with Crippen LogP contribution < -0.4 is 5.32 Å². The molecule has 2 aliphatic carbocycles. The Hall–Kier alpha value is -3.35. The van der Waals surface area contributed by atoms with Gasteiger partial charge in [0.2, 0.25) is 5.91 Å². The van der Waals surface area contributed by atoms with Gasteiger partial charge in [0.25, 0.3) is 0 Å². The highest BCUT2D eigenvalue weighted by atomic mass is 16.5. The van der Waals surface area contributed by atoms with E-state index in [1.165, 1.54) is 11.1 Å². The van der Waals surface area contributed by atoms with Crippen LogP contribution >= 0.6 is 0 Å². The fourth-order valence-electron chi connectivity index (χ4n) is 5.66. The van der Waals surface area contributed by atoms with Gasteiger partial charge >= 0.3 is 12.1 Å². The summed E-state index contributed by atoms with van der Waals surface area (Å²) in [6.07, 6.45) is 0.196. The molecule has 2 aliphatic heterocycles. The maximum atomic E-state index is 13.0. The molecular weight excluding hydrogens is 420 g/mol. The maximum absolute atomic E-state index is 13.0. The van der Waals surface area contributed by atoms with Crippen molar-refractivity contribution >= 4 is 18.0 Å². The van der Waals surface area contributed by atoms with Crippen LogP contribution in [0.1, 0.15) is 37.3 Å². The van der Waals surface area contributed by atoms with Gasteiger partial charge in [-0.1, -0.05) is 55.5 Å². The van der Waals surface area contributed by atoms with Crippen molar-refractivity contribution in [3.63, 3.8) is 0 Å². The number of hydrogen-bond acceptors (Lipinski definition) is 4. The maximum Gasteiger partial charge on any atom is 0.407 e. The van der Waals surface area contributed by atoms with Gasteiger partial charge in [-0.05, 0) is 41.5 Å². The first kappa shape index (κ1) is 21.5. The molecule has 5 atom stereocenters. The highest BCUT2D eigenvalue weighted by Crippen LogP contribution is 2.47. The zero-order valence-corrected chi connectivity index (χ0v) is 18.7. The summed E-state index contributed by atoms with van der Waals surface area (Å²) in [6, 6.07) is 15.6. The third kappa shape index (κ3) is 3.56. The topological polar surface area (TPSA) is 95.9 Å². The minimum atomic E-state index is -0.830.